The Balaban J connectivity index is 2.38. The van der Waals surface area contributed by atoms with Crippen LogP contribution in [0.15, 0.2) is 42.5 Å². The molecule has 0 bridgehead atoms. The molecule has 0 aliphatic heterocycles. The number of unbranched alkanes of at least 4 members (excludes halogenated alkanes) is 1. The first-order valence-electron chi connectivity index (χ1n) is 13.6. The van der Waals surface area contributed by atoms with Crippen LogP contribution in [0.4, 0.5) is 5.69 Å². The maximum absolute atomic E-state index is 13.5. The van der Waals surface area contributed by atoms with E-state index in [9.17, 15) is 24.4 Å². The van der Waals surface area contributed by atoms with Gasteiger partial charge in [-0.3, -0.25) is 14.4 Å². The van der Waals surface area contributed by atoms with Gasteiger partial charge in [0.05, 0.1) is 26.7 Å². The molecule has 0 aliphatic rings. The molecule has 11 heteroatoms. The number of anilines is 1. The fraction of sp³-hybridized carbons (Fsp3) is 0.483. The number of hydrogen-bond donors (Lipinski definition) is 4. The molecule has 2 rings (SSSR count). The summed E-state index contributed by atoms with van der Waals surface area (Å²) in [6.45, 7) is 7.02. The van der Waals surface area contributed by atoms with Gasteiger partial charge in [-0.25, -0.2) is 0 Å². The second kappa shape index (κ2) is 15.9. The van der Waals surface area contributed by atoms with E-state index in [2.05, 4.69) is 17.6 Å². The van der Waals surface area contributed by atoms with Crippen molar-refractivity contribution in [3.8, 4) is 11.5 Å². The van der Waals surface area contributed by atoms with E-state index in [0.717, 1.165) is 24.8 Å². The molecule has 0 fully saturated rings. The van der Waals surface area contributed by atoms with Crippen molar-refractivity contribution in [3.63, 3.8) is 0 Å². The summed E-state index contributed by atoms with van der Waals surface area (Å²) in [5, 5.41) is 25.1. The van der Waals surface area contributed by atoms with Crippen molar-refractivity contribution in [1.82, 2.24) is 10.6 Å². The van der Waals surface area contributed by atoms with Crippen molar-refractivity contribution in [2.75, 3.05) is 25.7 Å². The Morgan fingerprint density at radius 1 is 0.975 bits per heavy atom. The second-order valence-electron chi connectivity index (χ2n) is 10.2. The third-order valence-corrected chi connectivity index (χ3v) is 6.49. The van der Waals surface area contributed by atoms with Gasteiger partial charge in [-0.2, -0.15) is 0 Å². The molecular weight excluding hydrogens is 513 g/mol. The van der Waals surface area contributed by atoms with Crippen LogP contribution < -0.4 is 25.0 Å². The van der Waals surface area contributed by atoms with E-state index < -0.39 is 30.9 Å². The van der Waals surface area contributed by atoms with Crippen LogP contribution in [0.2, 0.25) is 0 Å². The molecule has 218 valence electrons. The number of aryl methyl sites for hydroxylation is 1. The van der Waals surface area contributed by atoms with E-state index in [-0.39, 0.29) is 18.4 Å². The molecule has 2 atom stereocenters. The van der Waals surface area contributed by atoms with Crippen LogP contribution in [0.5, 0.6) is 11.5 Å². The van der Waals surface area contributed by atoms with Gasteiger partial charge < -0.3 is 35.1 Å². The molecule has 10 nitrogen and oxygen atoms in total. The minimum atomic E-state index is -1.80. The SMILES string of the molecule is CCCCc1ccc(C(=O)N[C@@H](CN(C(C)=O)c2ccc(OC)c(OC)c2)C(=O)N[C@@H](CC(C)C)B(O)O)cc1. The van der Waals surface area contributed by atoms with E-state index in [1.54, 1.807) is 30.3 Å². The molecule has 40 heavy (non-hydrogen) atoms. The number of carbonyl (C=O) groups excluding carboxylic acids is 3. The predicted octanol–water partition coefficient (Wildman–Crippen LogP) is 2.74. The normalized spacial score (nSPS) is 12.3. The van der Waals surface area contributed by atoms with E-state index in [1.165, 1.54) is 26.0 Å². The summed E-state index contributed by atoms with van der Waals surface area (Å²) in [4.78, 5) is 40.8. The van der Waals surface area contributed by atoms with E-state index in [0.29, 0.717) is 29.2 Å². The first-order valence-corrected chi connectivity index (χ1v) is 13.6. The summed E-state index contributed by atoms with van der Waals surface area (Å²) in [5.41, 5.74) is 1.90. The number of amides is 3. The number of nitrogens with one attached hydrogen (secondary N) is 2. The average molecular weight is 555 g/mol. The van der Waals surface area contributed by atoms with Gasteiger partial charge >= 0.3 is 7.12 Å². The van der Waals surface area contributed by atoms with Crippen LogP contribution in [0.3, 0.4) is 0 Å². The number of hydrogen-bond acceptors (Lipinski definition) is 7. The Morgan fingerprint density at radius 2 is 1.62 bits per heavy atom. The smallest absolute Gasteiger partial charge is 0.475 e. The monoisotopic (exact) mass is 555 g/mol. The highest BCUT2D eigenvalue weighted by Crippen LogP contribution is 2.31. The van der Waals surface area contributed by atoms with Crippen LogP contribution in [-0.2, 0) is 16.0 Å². The lowest BCUT2D eigenvalue weighted by atomic mass is 9.75. The lowest BCUT2D eigenvalue weighted by Gasteiger charge is -2.29. The average Bonchev–Trinajstić information content (AvgIpc) is 2.92. The summed E-state index contributed by atoms with van der Waals surface area (Å²) >= 11 is 0. The van der Waals surface area contributed by atoms with Crippen LogP contribution in [0.1, 0.15) is 62.9 Å². The zero-order valence-electron chi connectivity index (χ0n) is 24.3. The quantitative estimate of drug-likeness (QED) is 0.248. The standard InChI is InChI=1S/C29H42BN3O7/c1-7-8-9-21-10-12-22(13-11-21)28(35)31-24(29(36)32-27(30(37)38)16-19(2)3)18-33(20(4)34)23-14-15-25(39-5)26(17-23)40-6/h10-15,17,19,24,27,37-38H,7-9,16,18H2,1-6H3,(H,31,35)(H,32,36)/t24-,27-/m0/s1. The minimum Gasteiger partial charge on any atom is -0.493 e. The maximum Gasteiger partial charge on any atom is 0.475 e. The highest BCUT2D eigenvalue weighted by Gasteiger charge is 2.32. The molecule has 2 aromatic carbocycles. The number of benzene rings is 2. The molecule has 4 N–H and O–H groups in total. The van der Waals surface area contributed by atoms with Crippen molar-refractivity contribution in [2.24, 2.45) is 5.92 Å². The predicted molar refractivity (Wildman–Crippen MR) is 155 cm³/mol. The third kappa shape index (κ3) is 9.57. The highest BCUT2D eigenvalue weighted by molar-refractivity contribution is 6.43. The molecule has 3 amide bonds. The van der Waals surface area contributed by atoms with Crippen LogP contribution in [0, 0.1) is 5.92 Å². The zero-order chi connectivity index (χ0) is 29.8. The van der Waals surface area contributed by atoms with Gasteiger partial charge in [-0.1, -0.05) is 39.3 Å². The Kier molecular flexibility index (Phi) is 13.0. The molecule has 0 unspecified atom stereocenters. The molecule has 2 aromatic rings. The van der Waals surface area contributed by atoms with Crippen molar-refractivity contribution >= 4 is 30.5 Å². The van der Waals surface area contributed by atoms with Gasteiger partial charge in [0.15, 0.2) is 11.5 Å². The number of rotatable bonds is 15. The first-order chi connectivity index (χ1) is 19.0. The Labute approximate surface area is 237 Å². The maximum atomic E-state index is 13.5. The van der Waals surface area contributed by atoms with Gasteiger partial charge in [0.2, 0.25) is 11.8 Å². The minimum absolute atomic E-state index is 0.0619. The highest BCUT2D eigenvalue weighted by atomic mass is 16.5. The molecule has 0 heterocycles. The number of methoxy groups -OCH3 is 2. The molecule has 0 aliphatic carbocycles. The number of carbonyl (C=O) groups is 3. The molecule has 0 spiro atoms. The van der Waals surface area contributed by atoms with Crippen LogP contribution in [0.25, 0.3) is 0 Å². The van der Waals surface area contributed by atoms with Gasteiger partial charge in [0.25, 0.3) is 5.91 Å². The number of nitrogens with zero attached hydrogens (tertiary/aromatic N) is 1. The summed E-state index contributed by atoms with van der Waals surface area (Å²) in [6, 6.07) is 10.8. The third-order valence-electron chi connectivity index (χ3n) is 6.49. The summed E-state index contributed by atoms with van der Waals surface area (Å²) in [5.74, 6) is -1.57. The number of ether oxygens (including phenoxy) is 2. The van der Waals surface area contributed by atoms with Crippen molar-refractivity contribution < 1.29 is 33.9 Å². The Hall–Kier alpha value is -3.57. The molecule has 0 aromatic heterocycles. The fourth-order valence-electron chi connectivity index (χ4n) is 4.28. The van der Waals surface area contributed by atoms with E-state index >= 15 is 0 Å². The van der Waals surface area contributed by atoms with Gasteiger partial charge in [-0.15, -0.1) is 0 Å². The van der Waals surface area contributed by atoms with Crippen LogP contribution in [-0.4, -0.2) is 67.6 Å². The topological polar surface area (TPSA) is 137 Å². The van der Waals surface area contributed by atoms with E-state index in [1.807, 2.05) is 26.0 Å². The second-order valence-corrected chi connectivity index (χ2v) is 10.2. The largest absolute Gasteiger partial charge is 0.493 e. The Morgan fingerprint density at radius 3 is 2.15 bits per heavy atom. The lowest BCUT2D eigenvalue weighted by Crippen LogP contribution is -2.58. The van der Waals surface area contributed by atoms with Crippen molar-refractivity contribution in [3.05, 3.63) is 53.6 Å². The summed E-state index contributed by atoms with van der Waals surface area (Å²) in [7, 11) is 1.17. The van der Waals surface area contributed by atoms with E-state index in [4.69, 9.17) is 9.47 Å². The summed E-state index contributed by atoms with van der Waals surface area (Å²) in [6.07, 6.45) is 3.31. The lowest BCUT2D eigenvalue weighted by molar-refractivity contribution is -0.123. The van der Waals surface area contributed by atoms with Crippen molar-refractivity contribution in [2.45, 2.75) is 65.4 Å². The Bertz CT molecular complexity index is 1130. The fourth-order valence-corrected chi connectivity index (χ4v) is 4.28. The summed E-state index contributed by atoms with van der Waals surface area (Å²) < 4.78 is 10.6. The van der Waals surface area contributed by atoms with Gasteiger partial charge in [-0.05, 0) is 55.0 Å². The molecular formula is C29H42BN3O7. The van der Waals surface area contributed by atoms with Crippen molar-refractivity contribution in [1.29, 1.82) is 0 Å². The molecule has 0 radical (unpaired) electrons. The zero-order valence-corrected chi connectivity index (χ0v) is 24.3. The molecule has 0 saturated heterocycles. The first kappa shape index (κ1) is 32.6. The van der Waals surface area contributed by atoms with Gasteiger partial charge in [0, 0.05) is 24.2 Å². The van der Waals surface area contributed by atoms with Gasteiger partial charge in [0.1, 0.15) is 6.04 Å². The molecule has 0 saturated carbocycles. The van der Waals surface area contributed by atoms with Crippen LogP contribution >= 0.6 is 0 Å².